The molecule has 0 saturated carbocycles. The van der Waals surface area contributed by atoms with Crippen LogP contribution in [0.5, 0.6) is 5.75 Å². The van der Waals surface area contributed by atoms with E-state index < -0.39 is 0 Å². The van der Waals surface area contributed by atoms with Crippen molar-refractivity contribution in [1.29, 1.82) is 5.41 Å². The second kappa shape index (κ2) is 7.85. The van der Waals surface area contributed by atoms with Crippen molar-refractivity contribution in [1.82, 2.24) is 9.03 Å². The van der Waals surface area contributed by atoms with E-state index in [9.17, 15) is 0 Å². The second-order valence-corrected chi connectivity index (χ2v) is 7.35. The van der Waals surface area contributed by atoms with Crippen molar-refractivity contribution in [2.75, 3.05) is 26.2 Å². The molecule has 0 radical (unpaired) electrons. The molecule has 1 heterocycles. The average Bonchev–Trinajstić information content (AvgIpc) is 2.99. The Labute approximate surface area is 137 Å². The van der Waals surface area contributed by atoms with Crippen LogP contribution in [0.4, 0.5) is 0 Å². The Kier molecular flexibility index (Phi) is 6.11. The van der Waals surface area contributed by atoms with Crippen LogP contribution in [0, 0.1) is 10.8 Å². The molecule has 1 aliphatic rings. The predicted octanol–water partition coefficient (Wildman–Crippen LogP) is 2.62. The SMILES string of the molecule is CC(C)(CCOc1ccc(C(=N)N)cc1)CCN1CCNS1. The zero-order valence-corrected chi connectivity index (χ0v) is 14.2. The van der Waals surface area contributed by atoms with Crippen molar-refractivity contribution in [2.45, 2.75) is 26.7 Å². The summed E-state index contributed by atoms with van der Waals surface area (Å²) < 4.78 is 11.5. The van der Waals surface area contributed by atoms with Crippen molar-refractivity contribution in [3.63, 3.8) is 0 Å². The molecule has 1 fully saturated rings. The van der Waals surface area contributed by atoms with E-state index in [1.54, 1.807) is 12.1 Å². The van der Waals surface area contributed by atoms with Gasteiger partial charge in [-0.2, -0.15) is 0 Å². The lowest BCUT2D eigenvalue weighted by atomic mass is 9.86. The Hall–Kier alpha value is -1.24. The molecule has 1 aromatic rings. The van der Waals surface area contributed by atoms with E-state index in [1.807, 2.05) is 24.3 Å². The summed E-state index contributed by atoms with van der Waals surface area (Å²) in [6.45, 7) is 8.60. The second-order valence-electron chi connectivity index (χ2n) is 6.37. The molecule has 1 aliphatic heterocycles. The highest BCUT2D eigenvalue weighted by molar-refractivity contribution is 7.95. The summed E-state index contributed by atoms with van der Waals surface area (Å²) in [7, 11) is 0. The number of amidine groups is 1. The van der Waals surface area contributed by atoms with Crippen LogP contribution in [0.25, 0.3) is 0 Å². The average molecular weight is 322 g/mol. The largest absolute Gasteiger partial charge is 0.494 e. The highest BCUT2D eigenvalue weighted by Gasteiger charge is 2.21. The fraction of sp³-hybridized carbons (Fsp3) is 0.562. The molecule has 4 N–H and O–H groups in total. The smallest absolute Gasteiger partial charge is 0.122 e. The number of hydrogen-bond acceptors (Lipinski definition) is 5. The maximum absolute atomic E-state index is 7.37. The number of benzene rings is 1. The summed E-state index contributed by atoms with van der Waals surface area (Å²) >= 11 is 1.73. The highest BCUT2D eigenvalue weighted by Crippen LogP contribution is 2.27. The molecule has 0 amide bonds. The first-order valence-electron chi connectivity index (χ1n) is 7.68. The molecule has 1 saturated heterocycles. The molecule has 0 spiro atoms. The van der Waals surface area contributed by atoms with Crippen LogP contribution >= 0.6 is 12.1 Å². The summed E-state index contributed by atoms with van der Waals surface area (Å²) in [6.07, 6.45) is 2.18. The molecule has 0 atom stereocenters. The van der Waals surface area contributed by atoms with Crippen LogP contribution < -0.4 is 15.2 Å². The summed E-state index contributed by atoms with van der Waals surface area (Å²) in [5.41, 5.74) is 6.43. The van der Waals surface area contributed by atoms with Crippen LogP contribution in [-0.4, -0.2) is 36.4 Å². The van der Waals surface area contributed by atoms with Crippen LogP contribution in [0.3, 0.4) is 0 Å². The van der Waals surface area contributed by atoms with E-state index in [0.29, 0.717) is 6.61 Å². The molecule has 0 aromatic heterocycles. The van der Waals surface area contributed by atoms with Gasteiger partial charge in [-0.3, -0.25) is 5.41 Å². The van der Waals surface area contributed by atoms with Gasteiger partial charge in [0.05, 0.1) is 6.61 Å². The number of nitrogen functional groups attached to an aromatic ring is 1. The molecule has 0 bridgehead atoms. The van der Waals surface area contributed by atoms with Gasteiger partial charge >= 0.3 is 0 Å². The van der Waals surface area contributed by atoms with E-state index in [0.717, 1.165) is 43.8 Å². The van der Waals surface area contributed by atoms with Gasteiger partial charge in [0.2, 0.25) is 0 Å². The topological polar surface area (TPSA) is 74.4 Å². The van der Waals surface area contributed by atoms with Crippen molar-refractivity contribution >= 4 is 18.0 Å². The molecule has 0 unspecified atom stereocenters. The third-order valence-electron chi connectivity index (χ3n) is 3.91. The number of nitrogens with one attached hydrogen (secondary N) is 2. The van der Waals surface area contributed by atoms with Crippen molar-refractivity contribution < 1.29 is 4.74 Å². The van der Waals surface area contributed by atoms with Crippen LogP contribution in [0.1, 0.15) is 32.3 Å². The standard InChI is InChI=1S/C16H26N4OS/c1-16(2,7-10-20-11-9-19-22-20)8-12-21-14-5-3-13(4-6-14)15(17)18/h3-6,19H,7-12H2,1-2H3,(H3,17,18). The first-order valence-corrected chi connectivity index (χ1v) is 8.46. The minimum absolute atomic E-state index is 0.0851. The maximum atomic E-state index is 7.37. The van der Waals surface area contributed by atoms with E-state index in [1.165, 1.54) is 0 Å². The van der Waals surface area contributed by atoms with Crippen LogP contribution in [0.15, 0.2) is 24.3 Å². The monoisotopic (exact) mass is 322 g/mol. The van der Waals surface area contributed by atoms with Crippen molar-refractivity contribution in [3.05, 3.63) is 29.8 Å². The van der Waals surface area contributed by atoms with Gasteiger partial charge < -0.3 is 10.5 Å². The van der Waals surface area contributed by atoms with Gasteiger partial charge in [0.1, 0.15) is 11.6 Å². The molecule has 0 aliphatic carbocycles. The summed E-state index contributed by atoms with van der Waals surface area (Å²) in [6, 6.07) is 7.38. The Morgan fingerprint density at radius 2 is 2.09 bits per heavy atom. The summed E-state index contributed by atoms with van der Waals surface area (Å²) in [5, 5.41) is 7.37. The quantitative estimate of drug-likeness (QED) is 0.390. The van der Waals surface area contributed by atoms with E-state index in [2.05, 4.69) is 22.9 Å². The molecular weight excluding hydrogens is 296 g/mol. The molecule has 6 heteroatoms. The number of nitrogens with two attached hydrogens (primary N) is 1. The van der Waals surface area contributed by atoms with Crippen molar-refractivity contribution in [2.24, 2.45) is 11.1 Å². The van der Waals surface area contributed by atoms with Gasteiger partial charge in [0, 0.05) is 37.3 Å². The first kappa shape index (κ1) is 17.1. The van der Waals surface area contributed by atoms with E-state index in [4.69, 9.17) is 15.9 Å². The highest BCUT2D eigenvalue weighted by atomic mass is 32.2. The Bertz CT molecular complexity index is 483. The lowest BCUT2D eigenvalue weighted by Gasteiger charge is -2.26. The summed E-state index contributed by atoms with van der Waals surface area (Å²) in [5.74, 6) is 0.919. The normalized spacial score (nSPS) is 15.9. The van der Waals surface area contributed by atoms with E-state index >= 15 is 0 Å². The first-order chi connectivity index (χ1) is 10.5. The minimum atomic E-state index is 0.0851. The van der Waals surface area contributed by atoms with Gasteiger partial charge in [-0.05, 0) is 42.5 Å². The Morgan fingerprint density at radius 3 is 2.68 bits per heavy atom. The van der Waals surface area contributed by atoms with E-state index in [-0.39, 0.29) is 11.3 Å². The van der Waals surface area contributed by atoms with Gasteiger partial charge in [0.15, 0.2) is 0 Å². The molecule has 22 heavy (non-hydrogen) atoms. The van der Waals surface area contributed by atoms with Crippen LogP contribution in [0.2, 0.25) is 0 Å². The molecule has 122 valence electrons. The van der Waals surface area contributed by atoms with Gasteiger partial charge in [-0.1, -0.05) is 13.8 Å². The Morgan fingerprint density at radius 1 is 1.36 bits per heavy atom. The molecule has 1 aromatic carbocycles. The third-order valence-corrected chi connectivity index (χ3v) is 4.86. The molecule has 5 nitrogen and oxygen atoms in total. The van der Waals surface area contributed by atoms with Crippen molar-refractivity contribution in [3.8, 4) is 5.75 Å². The zero-order chi connectivity index (χ0) is 16.0. The molecule has 2 rings (SSSR count). The number of hydrogen-bond donors (Lipinski definition) is 3. The lowest BCUT2D eigenvalue weighted by molar-refractivity contribution is 0.208. The maximum Gasteiger partial charge on any atom is 0.122 e. The third kappa shape index (κ3) is 5.51. The Balaban J connectivity index is 1.70. The fourth-order valence-corrected chi connectivity index (χ4v) is 2.97. The number of nitrogens with zero attached hydrogens (tertiary/aromatic N) is 1. The number of rotatable bonds is 8. The van der Waals surface area contributed by atoms with Crippen LogP contribution in [-0.2, 0) is 0 Å². The van der Waals surface area contributed by atoms with Gasteiger partial charge in [-0.25, -0.2) is 9.03 Å². The number of ether oxygens (including phenoxy) is 1. The van der Waals surface area contributed by atoms with Gasteiger partial charge in [-0.15, -0.1) is 0 Å². The minimum Gasteiger partial charge on any atom is -0.494 e. The zero-order valence-electron chi connectivity index (χ0n) is 13.4. The molecular formula is C16H26N4OS. The lowest BCUT2D eigenvalue weighted by Crippen LogP contribution is -2.23. The fourth-order valence-electron chi connectivity index (χ4n) is 2.24. The van der Waals surface area contributed by atoms with Gasteiger partial charge in [0.25, 0.3) is 0 Å². The summed E-state index contributed by atoms with van der Waals surface area (Å²) in [4.78, 5) is 0. The predicted molar refractivity (Wildman–Crippen MR) is 93.1 cm³/mol.